The minimum absolute atomic E-state index is 0.167. The van der Waals surface area contributed by atoms with Gasteiger partial charge in [0.2, 0.25) is 10.0 Å². The van der Waals surface area contributed by atoms with E-state index in [2.05, 4.69) is 5.32 Å². The molecule has 0 aromatic heterocycles. The van der Waals surface area contributed by atoms with E-state index in [1.54, 1.807) is 44.6 Å². The van der Waals surface area contributed by atoms with E-state index < -0.39 is 10.0 Å². The number of benzene rings is 2. The molecule has 7 nitrogen and oxygen atoms in total. The molecular weight excluding hydrogens is 380 g/mol. The summed E-state index contributed by atoms with van der Waals surface area (Å²) in [7, 11) is -0.130. The minimum atomic E-state index is -3.26. The predicted molar refractivity (Wildman–Crippen MR) is 108 cm³/mol. The monoisotopic (exact) mass is 404 g/mol. The van der Waals surface area contributed by atoms with Crippen molar-refractivity contribution >= 4 is 21.6 Å². The number of carbonyl (C=O) groups excluding carboxylic acids is 1. The summed E-state index contributed by atoms with van der Waals surface area (Å²) in [5.41, 5.74) is 1.94. The lowest BCUT2D eigenvalue weighted by Crippen LogP contribution is -2.37. The van der Waals surface area contributed by atoms with Crippen molar-refractivity contribution < 1.29 is 22.7 Å². The van der Waals surface area contributed by atoms with Crippen molar-refractivity contribution in [3.8, 4) is 11.5 Å². The maximum atomic E-state index is 12.4. The van der Waals surface area contributed by atoms with Crippen molar-refractivity contribution in [2.75, 3.05) is 30.8 Å². The highest BCUT2D eigenvalue weighted by Crippen LogP contribution is 2.27. The normalized spacial score (nSPS) is 15.7. The van der Waals surface area contributed by atoms with Crippen LogP contribution in [0.15, 0.2) is 42.5 Å². The van der Waals surface area contributed by atoms with Crippen LogP contribution >= 0.6 is 0 Å². The Hall–Kier alpha value is -2.74. The molecule has 1 N–H and O–H groups in total. The highest BCUT2D eigenvalue weighted by Gasteiger charge is 2.25. The third-order valence-electron chi connectivity index (χ3n) is 4.67. The van der Waals surface area contributed by atoms with Gasteiger partial charge in [0.05, 0.1) is 25.7 Å². The van der Waals surface area contributed by atoms with Crippen molar-refractivity contribution in [2.45, 2.75) is 19.4 Å². The minimum Gasteiger partial charge on any atom is -0.493 e. The average Bonchev–Trinajstić information content (AvgIpc) is 2.71. The number of hydrogen-bond acceptors (Lipinski definition) is 5. The average molecular weight is 404 g/mol. The molecule has 1 aliphatic heterocycles. The molecule has 0 radical (unpaired) electrons. The molecule has 0 aliphatic carbocycles. The maximum absolute atomic E-state index is 12.4. The fraction of sp³-hybridized carbons (Fsp3) is 0.350. The fourth-order valence-corrected chi connectivity index (χ4v) is 4.77. The van der Waals surface area contributed by atoms with Crippen LogP contribution in [0.5, 0.6) is 11.5 Å². The summed E-state index contributed by atoms with van der Waals surface area (Å²) in [6.07, 6.45) is 1.53. The van der Waals surface area contributed by atoms with Gasteiger partial charge in [-0.1, -0.05) is 6.07 Å². The summed E-state index contributed by atoms with van der Waals surface area (Å²) < 4.78 is 36.3. The number of sulfonamides is 1. The van der Waals surface area contributed by atoms with E-state index in [-0.39, 0.29) is 11.7 Å². The van der Waals surface area contributed by atoms with Crippen molar-refractivity contribution in [1.82, 2.24) is 5.32 Å². The van der Waals surface area contributed by atoms with Gasteiger partial charge >= 0.3 is 0 Å². The molecule has 0 atom stereocenters. The van der Waals surface area contributed by atoms with E-state index in [0.29, 0.717) is 42.3 Å². The zero-order valence-electron chi connectivity index (χ0n) is 16.0. The summed E-state index contributed by atoms with van der Waals surface area (Å²) in [6, 6.07) is 12.1. The van der Waals surface area contributed by atoms with Crippen molar-refractivity contribution in [1.29, 1.82) is 0 Å². The molecule has 3 rings (SSSR count). The summed E-state index contributed by atoms with van der Waals surface area (Å²) in [6.45, 7) is 0.814. The molecule has 0 bridgehead atoms. The van der Waals surface area contributed by atoms with Gasteiger partial charge in [0, 0.05) is 18.7 Å². The SMILES string of the molecule is COc1ccc(CNC(=O)c2ccc(N3CCCCS3(=O)=O)cc2)cc1OC. The Bertz CT molecular complexity index is 942. The molecule has 1 heterocycles. The van der Waals surface area contributed by atoms with E-state index in [1.807, 2.05) is 12.1 Å². The lowest BCUT2D eigenvalue weighted by molar-refractivity contribution is 0.0951. The first-order chi connectivity index (χ1) is 13.4. The van der Waals surface area contributed by atoms with E-state index in [9.17, 15) is 13.2 Å². The zero-order chi connectivity index (χ0) is 20.1. The Morgan fingerprint density at radius 1 is 1.04 bits per heavy atom. The number of amides is 1. The number of methoxy groups -OCH3 is 2. The molecule has 0 spiro atoms. The fourth-order valence-electron chi connectivity index (χ4n) is 3.13. The van der Waals surface area contributed by atoms with Gasteiger partial charge in [-0.25, -0.2) is 8.42 Å². The van der Waals surface area contributed by atoms with Crippen LogP contribution in [0.3, 0.4) is 0 Å². The largest absolute Gasteiger partial charge is 0.493 e. The Kier molecular flexibility index (Phi) is 6.08. The molecule has 0 saturated carbocycles. The van der Waals surface area contributed by atoms with Crippen LogP contribution in [0.1, 0.15) is 28.8 Å². The second-order valence-corrected chi connectivity index (χ2v) is 8.53. The zero-order valence-corrected chi connectivity index (χ0v) is 16.8. The second kappa shape index (κ2) is 8.52. The number of anilines is 1. The molecule has 0 unspecified atom stereocenters. The lowest BCUT2D eigenvalue weighted by atomic mass is 10.1. The van der Waals surface area contributed by atoms with Crippen LogP contribution in [0.25, 0.3) is 0 Å². The first-order valence-electron chi connectivity index (χ1n) is 9.04. The van der Waals surface area contributed by atoms with E-state index in [0.717, 1.165) is 12.0 Å². The van der Waals surface area contributed by atoms with Gasteiger partial charge < -0.3 is 14.8 Å². The molecule has 2 aromatic carbocycles. The van der Waals surface area contributed by atoms with Crippen LogP contribution in [-0.4, -0.2) is 40.8 Å². The first-order valence-corrected chi connectivity index (χ1v) is 10.6. The van der Waals surface area contributed by atoms with Gasteiger partial charge in [-0.2, -0.15) is 0 Å². The molecule has 28 heavy (non-hydrogen) atoms. The second-order valence-electron chi connectivity index (χ2n) is 6.51. The quantitative estimate of drug-likeness (QED) is 0.800. The highest BCUT2D eigenvalue weighted by atomic mass is 32.2. The molecular formula is C20H24N2O5S. The lowest BCUT2D eigenvalue weighted by Gasteiger charge is -2.28. The Balaban J connectivity index is 1.65. The summed E-state index contributed by atoms with van der Waals surface area (Å²) in [4.78, 5) is 12.4. The molecule has 150 valence electrons. The third kappa shape index (κ3) is 4.39. The van der Waals surface area contributed by atoms with Crippen molar-refractivity contribution in [3.05, 3.63) is 53.6 Å². The van der Waals surface area contributed by atoms with Crippen LogP contribution < -0.4 is 19.1 Å². The van der Waals surface area contributed by atoms with Gasteiger partial charge in [-0.05, 0) is 54.8 Å². The van der Waals surface area contributed by atoms with Crippen molar-refractivity contribution in [2.24, 2.45) is 0 Å². The summed E-state index contributed by atoms with van der Waals surface area (Å²) in [5, 5.41) is 2.85. The van der Waals surface area contributed by atoms with Gasteiger partial charge in [-0.15, -0.1) is 0 Å². The molecule has 8 heteroatoms. The third-order valence-corrected chi connectivity index (χ3v) is 6.54. The number of rotatable bonds is 6. The Morgan fingerprint density at radius 2 is 1.75 bits per heavy atom. The van der Waals surface area contributed by atoms with E-state index >= 15 is 0 Å². The number of nitrogens with one attached hydrogen (secondary N) is 1. The number of hydrogen-bond donors (Lipinski definition) is 1. The standard InChI is InChI=1S/C20H24N2O5S/c1-26-18-10-5-15(13-19(18)27-2)14-21-20(23)16-6-8-17(9-7-16)22-11-3-4-12-28(22,24)25/h5-10,13H,3-4,11-12,14H2,1-2H3,(H,21,23). The first kappa shape index (κ1) is 20.0. The molecule has 1 saturated heterocycles. The van der Waals surface area contributed by atoms with Crippen LogP contribution in [-0.2, 0) is 16.6 Å². The van der Waals surface area contributed by atoms with Gasteiger partial charge in [-0.3, -0.25) is 9.10 Å². The van der Waals surface area contributed by atoms with Gasteiger partial charge in [0.25, 0.3) is 5.91 Å². The highest BCUT2D eigenvalue weighted by molar-refractivity contribution is 7.92. The molecule has 1 fully saturated rings. The number of nitrogens with zero attached hydrogens (tertiary/aromatic N) is 1. The van der Waals surface area contributed by atoms with Gasteiger partial charge in [0.1, 0.15) is 0 Å². The van der Waals surface area contributed by atoms with E-state index in [4.69, 9.17) is 9.47 Å². The number of ether oxygens (including phenoxy) is 2. The molecule has 2 aromatic rings. The van der Waals surface area contributed by atoms with Crippen LogP contribution in [0, 0.1) is 0 Å². The van der Waals surface area contributed by atoms with Gasteiger partial charge in [0.15, 0.2) is 11.5 Å². The predicted octanol–water partition coefficient (Wildman–Crippen LogP) is 2.56. The van der Waals surface area contributed by atoms with E-state index in [1.165, 1.54) is 4.31 Å². The van der Waals surface area contributed by atoms with Crippen LogP contribution in [0.4, 0.5) is 5.69 Å². The molecule has 1 aliphatic rings. The molecule has 1 amide bonds. The topological polar surface area (TPSA) is 84.9 Å². The van der Waals surface area contributed by atoms with Crippen molar-refractivity contribution in [3.63, 3.8) is 0 Å². The Morgan fingerprint density at radius 3 is 2.39 bits per heavy atom. The summed E-state index contributed by atoms with van der Waals surface area (Å²) >= 11 is 0. The summed E-state index contributed by atoms with van der Waals surface area (Å²) in [5.74, 6) is 1.16. The maximum Gasteiger partial charge on any atom is 0.251 e. The smallest absolute Gasteiger partial charge is 0.251 e. The van der Waals surface area contributed by atoms with Crippen LogP contribution in [0.2, 0.25) is 0 Å². The Labute approximate surface area is 165 Å². The number of carbonyl (C=O) groups is 1.